The highest BCUT2D eigenvalue weighted by Gasteiger charge is 2.35. The van der Waals surface area contributed by atoms with Gasteiger partial charge in [0.05, 0.1) is 5.52 Å². The average Bonchev–Trinajstić information content (AvgIpc) is 2.48. The summed E-state index contributed by atoms with van der Waals surface area (Å²) >= 11 is 6.00. The maximum absolute atomic E-state index is 12.7. The molecular weight excluding hydrogens is 369 g/mol. The highest BCUT2D eigenvalue weighted by Crippen LogP contribution is 2.28. The first kappa shape index (κ1) is 21.0. The van der Waals surface area contributed by atoms with E-state index in [2.05, 4.69) is 18.8 Å². The molecule has 1 unspecified atom stereocenters. The van der Waals surface area contributed by atoms with Crippen molar-refractivity contribution in [3.63, 3.8) is 0 Å². The third-order valence-electron chi connectivity index (χ3n) is 4.47. The number of rotatable bonds is 1. The van der Waals surface area contributed by atoms with Crippen LogP contribution in [0.15, 0.2) is 30.3 Å². The van der Waals surface area contributed by atoms with Crippen LogP contribution in [0, 0.1) is 5.41 Å². The number of carbonyl (C=O) groups excluding carboxylic acids is 1. The molecule has 2 heterocycles. The minimum atomic E-state index is -0.0753. The molecule has 3 rings (SSSR count). The topological polar surface area (TPSA) is 59.2 Å². The quantitative estimate of drug-likeness (QED) is 0.802. The summed E-state index contributed by atoms with van der Waals surface area (Å²) in [5, 5.41) is 1.59. The predicted molar refractivity (Wildman–Crippen MR) is 104 cm³/mol. The summed E-state index contributed by atoms with van der Waals surface area (Å²) in [7, 11) is 0. The fourth-order valence-electron chi connectivity index (χ4n) is 2.92. The van der Waals surface area contributed by atoms with Crippen molar-refractivity contribution >= 4 is 53.2 Å². The molecule has 7 heteroatoms. The number of likely N-dealkylation sites (tertiary alicyclic amines) is 1. The highest BCUT2D eigenvalue weighted by molar-refractivity contribution is 6.31. The predicted octanol–water partition coefficient (Wildman–Crippen LogP) is 3.93. The summed E-state index contributed by atoms with van der Waals surface area (Å²) in [6.45, 7) is 5.54. The summed E-state index contributed by atoms with van der Waals surface area (Å²) in [5.74, 6) is -0.0400. The van der Waals surface area contributed by atoms with Crippen LogP contribution in [0.5, 0.6) is 0 Å². The normalized spacial score (nSPS) is 19.3. The van der Waals surface area contributed by atoms with Crippen molar-refractivity contribution in [3.05, 3.63) is 41.0 Å². The molecule has 1 atom stereocenters. The Bertz CT molecular complexity index is 736. The molecule has 1 aromatic carbocycles. The summed E-state index contributed by atoms with van der Waals surface area (Å²) in [6.07, 6.45) is 0.818. The molecule has 1 saturated heterocycles. The van der Waals surface area contributed by atoms with Crippen LogP contribution in [0.3, 0.4) is 0 Å². The number of hydrogen-bond donors (Lipinski definition) is 1. The van der Waals surface area contributed by atoms with E-state index in [9.17, 15) is 4.79 Å². The van der Waals surface area contributed by atoms with Crippen LogP contribution >= 0.6 is 36.4 Å². The minimum Gasteiger partial charge on any atom is -0.337 e. The Morgan fingerprint density at radius 2 is 1.96 bits per heavy atom. The van der Waals surface area contributed by atoms with Crippen molar-refractivity contribution in [2.75, 3.05) is 13.1 Å². The standard InChI is InChI=1S/C17H20ClN3O.2ClH/c1-17(2)10-21(8-7-15(17)19)16(22)13-6-4-11-3-5-12(18)9-14(11)20-13;;/h3-6,9,15H,7-8,10,19H2,1-2H3;2*1H. The number of halogens is 3. The summed E-state index contributed by atoms with van der Waals surface area (Å²) < 4.78 is 0. The van der Waals surface area contributed by atoms with Gasteiger partial charge < -0.3 is 10.6 Å². The van der Waals surface area contributed by atoms with E-state index in [0.29, 0.717) is 23.8 Å². The summed E-state index contributed by atoms with van der Waals surface area (Å²) in [5.41, 5.74) is 7.26. The number of benzene rings is 1. The largest absolute Gasteiger partial charge is 0.337 e. The van der Waals surface area contributed by atoms with Crippen molar-refractivity contribution in [1.82, 2.24) is 9.88 Å². The number of piperidine rings is 1. The molecule has 0 saturated carbocycles. The first-order valence-corrected chi connectivity index (χ1v) is 7.86. The number of carbonyl (C=O) groups is 1. The lowest BCUT2D eigenvalue weighted by atomic mass is 9.79. The third kappa shape index (κ3) is 4.12. The Morgan fingerprint density at radius 3 is 2.62 bits per heavy atom. The van der Waals surface area contributed by atoms with Gasteiger partial charge in [0, 0.05) is 29.5 Å². The lowest BCUT2D eigenvalue weighted by molar-refractivity contribution is 0.0528. The third-order valence-corrected chi connectivity index (χ3v) is 4.71. The van der Waals surface area contributed by atoms with Gasteiger partial charge >= 0.3 is 0 Å². The van der Waals surface area contributed by atoms with Gasteiger partial charge in [-0.2, -0.15) is 0 Å². The van der Waals surface area contributed by atoms with E-state index in [1.807, 2.05) is 23.1 Å². The average molecular weight is 391 g/mol. The summed E-state index contributed by atoms with van der Waals surface area (Å²) in [6, 6.07) is 9.32. The Balaban J connectivity index is 0.00000144. The van der Waals surface area contributed by atoms with Gasteiger partial charge in [-0.3, -0.25) is 4.79 Å². The monoisotopic (exact) mass is 389 g/mol. The number of nitrogens with zero attached hydrogens (tertiary/aromatic N) is 2. The molecule has 4 nitrogen and oxygen atoms in total. The molecule has 1 aliphatic rings. The SMILES string of the molecule is CC1(C)CN(C(=O)c2ccc3ccc(Cl)cc3n2)CCC1N.Cl.Cl. The van der Waals surface area contributed by atoms with E-state index in [1.165, 1.54) is 0 Å². The summed E-state index contributed by atoms with van der Waals surface area (Å²) in [4.78, 5) is 19.0. The van der Waals surface area contributed by atoms with E-state index in [0.717, 1.165) is 17.3 Å². The number of aromatic nitrogens is 1. The van der Waals surface area contributed by atoms with Crippen molar-refractivity contribution < 1.29 is 4.79 Å². The van der Waals surface area contributed by atoms with Crippen molar-refractivity contribution in [2.24, 2.45) is 11.1 Å². The molecule has 1 aromatic heterocycles. The van der Waals surface area contributed by atoms with Gasteiger partial charge in [-0.15, -0.1) is 24.8 Å². The maximum Gasteiger partial charge on any atom is 0.272 e. The number of fused-ring (bicyclic) bond motifs is 1. The molecule has 0 bridgehead atoms. The molecule has 24 heavy (non-hydrogen) atoms. The van der Waals surface area contributed by atoms with E-state index in [1.54, 1.807) is 12.1 Å². The maximum atomic E-state index is 12.7. The number of nitrogens with two attached hydrogens (primary N) is 1. The van der Waals surface area contributed by atoms with Crippen LogP contribution in [0.2, 0.25) is 5.02 Å². The first-order valence-electron chi connectivity index (χ1n) is 7.48. The van der Waals surface area contributed by atoms with Gasteiger partial charge in [-0.25, -0.2) is 4.98 Å². The second-order valence-corrected chi connectivity index (χ2v) is 7.08. The van der Waals surface area contributed by atoms with Crippen molar-refractivity contribution in [2.45, 2.75) is 26.3 Å². The number of pyridine rings is 1. The van der Waals surface area contributed by atoms with Crippen molar-refractivity contribution in [1.29, 1.82) is 0 Å². The van der Waals surface area contributed by atoms with Gasteiger partial charge in [-0.1, -0.05) is 37.6 Å². The van der Waals surface area contributed by atoms with Gasteiger partial charge in [-0.05, 0) is 30.0 Å². The van der Waals surface area contributed by atoms with Crippen LogP contribution in [0.25, 0.3) is 10.9 Å². The highest BCUT2D eigenvalue weighted by atomic mass is 35.5. The fourth-order valence-corrected chi connectivity index (χ4v) is 3.09. The molecule has 2 N–H and O–H groups in total. The van der Waals surface area contributed by atoms with Crippen LogP contribution in [0.1, 0.15) is 30.8 Å². The molecule has 0 spiro atoms. The lowest BCUT2D eigenvalue weighted by Gasteiger charge is -2.42. The fraction of sp³-hybridized carbons (Fsp3) is 0.412. The number of amides is 1. The Kier molecular flexibility index (Phi) is 6.88. The van der Waals surface area contributed by atoms with E-state index >= 15 is 0 Å². The Morgan fingerprint density at radius 1 is 1.29 bits per heavy atom. The van der Waals surface area contributed by atoms with Gasteiger partial charge in [0.15, 0.2) is 0 Å². The van der Waals surface area contributed by atoms with Gasteiger partial charge in [0.2, 0.25) is 0 Å². The minimum absolute atomic E-state index is 0. The molecule has 1 amide bonds. The van der Waals surface area contributed by atoms with Gasteiger partial charge in [0.25, 0.3) is 5.91 Å². The number of hydrogen-bond acceptors (Lipinski definition) is 3. The Hall–Kier alpha value is -1.07. The van der Waals surface area contributed by atoms with E-state index in [-0.39, 0.29) is 42.2 Å². The van der Waals surface area contributed by atoms with Crippen LogP contribution in [-0.4, -0.2) is 34.9 Å². The zero-order valence-corrected chi connectivity index (χ0v) is 16.0. The zero-order chi connectivity index (χ0) is 15.9. The second-order valence-electron chi connectivity index (χ2n) is 6.64. The van der Waals surface area contributed by atoms with Crippen LogP contribution in [-0.2, 0) is 0 Å². The lowest BCUT2D eigenvalue weighted by Crippen LogP contribution is -2.54. The Labute approximate surface area is 159 Å². The molecular formula is C17H22Cl3N3O. The molecule has 132 valence electrons. The molecule has 1 fully saturated rings. The van der Waals surface area contributed by atoms with Gasteiger partial charge in [0.1, 0.15) is 5.69 Å². The van der Waals surface area contributed by atoms with E-state index < -0.39 is 0 Å². The molecule has 2 aromatic rings. The zero-order valence-electron chi connectivity index (χ0n) is 13.7. The second kappa shape index (κ2) is 7.87. The smallest absolute Gasteiger partial charge is 0.272 e. The molecule has 0 radical (unpaired) electrons. The first-order chi connectivity index (χ1) is 10.4. The van der Waals surface area contributed by atoms with Crippen molar-refractivity contribution in [3.8, 4) is 0 Å². The van der Waals surface area contributed by atoms with Crippen LogP contribution in [0.4, 0.5) is 0 Å². The van der Waals surface area contributed by atoms with Crippen LogP contribution < -0.4 is 5.73 Å². The molecule has 1 aliphatic heterocycles. The molecule has 0 aliphatic carbocycles. The van der Waals surface area contributed by atoms with E-state index in [4.69, 9.17) is 17.3 Å².